The molecule has 0 aliphatic heterocycles. The van der Waals surface area contributed by atoms with Crippen molar-refractivity contribution < 1.29 is 9.53 Å². The molecule has 1 rings (SSSR count). The van der Waals surface area contributed by atoms with Crippen LogP contribution in [0.4, 0.5) is 5.69 Å². The van der Waals surface area contributed by atoms with E-state index in [0.29, 0.717) is 11.4 Å². The maximum Gasteiger partial charge on any atom is 0.259 e. The van der Waals surface area contributed by atoms with Gasteiger partial charge in [-0.05, 0) is 43.5 Å². The number of hydrogen-bond acceptors (Lipinski definition) is 4. The quantitative estimate of drug-likeness (QED) is 0.804. The number of carbonyl (C=O) groups excluding carboxylic acids is 1. The van der Waals surface area contributed by atoms with E-state index in [1.54, 1.807) is 25.1 Å². The molecule has 1 unspecified atom stereocenters. The first-order valence-electron chi connectivity index (χ1n) is 6.49. The largest absolute Gasteiger partial charge is 0.484 e. The lowest BCUT2D eigenvalue weighted by Gasteiger charge is -2.27. The maximum atomic E-state index is 11.9. The molecule has 0 saturated heterocycles. The van der Waals surface area contributed by atoms with Crippen LogP contribution in [0.5, 0.6) is 5.75 Å². The number of aryl methyl sites for hydroxylation is 1. The fourth-order valence-electron chi connectivity index (χ4n) is 1.60. The number of hydrogen-bond donors (Lipinski definition) is 2. The van der Waals surface area contributed by atoms with Crippen LogP contribution in [-0.4, -0.2) is 18.1 Å². The number of nitrogens with one attached hydrogen (secondary N) is 1. The van der Waals surface area contributed by atoms with Gasteiger partial charge in [-0.25, -0.2) is 0 Å². The van der Waals surface area contributed by atoms with Crippen LogP contribution in [0.2, 0.25) is 0 Å². The highest BCUT2D eigenvalue weighted by Gasteiger charge is 2.30. The Morgan fingerprint density at radius 3 is 2.70 bits per heavy atom. The van der Waals surface area contributed by atoms with E-state index in [0.717, 1.165) is 5.56 Å². The van der Waals surface area contributed by atoms with Crippen molar-refractivity contribution in [3.8, 4) is 11.8 Å². The van der Waals surface area contributed by atoms with Crippen LogP contribution in [0, 0.1) is 24.2 Å². The first-order valence-corrected chi connectivity index (χ1v) is 6.49. The molecule has 0 saturated carbocycles. The minimum Gasteiger partial charge on any atom is -0.484 e. The molecule has 3 N–H and O–H groups in total. The van der Waals surface area contributed by atoms with Crippen LogP contribution in [0.15, 0.2) is 18.2 Å². The maximum absolute atomic E-state index is 11.9. The van der Waals surface area contributed by atoms with E-state index < -0.39 is 5.54 Å². The third-order valence-corrected chi connectivity index (χ3v) is 3.34. The van der Waals surface area contributed by atoms with Crippen molar-refractivity contribution in [1.82, 2.24) is 5.32 Å². The monoisotopic (exact) mass is 275 g/mol. The molecule has 1 amide bonds. The first-order chi connectivity index (χ1) is 9.28. The first kappa shape index (κ1) is 15.8. The van der Waals surface area contributed by atoms with Crippen molar-refractivity contribution in [2.45, 2.75) is 33.2 Å². The van der Waals surface area contributed by atoms with Crippen LogP contribution in [0.3, 0.4) is 0 Å². The van der Waals surface area contributed by atoms with Crippen molar-refractivity contribution in [2.24, 2.45) is 5.92 Å². The van der Waals surface area contributed by atoms with E-state index in [1.165, 1.54) is 0 Å². The van der Waals surface area contributed by atoms with Gasteiger partial charge in [0.1, 0.15) is 11.3 Å². The number of ether oxygens (including phenoxy) is 1. The Labute approximate surface area is 119 Å². The summed E-state index contributed by atoms with van der Waals surface area (Å²) in [5, 5.41) is 11.8. The highest BCUT2D eigenvalue weighted by Crippen LogP contribution is 2.20. The highest BCUT2D eigenvalue weighted by atomic mass is 16.5. The lowest BCUT2D eigenvalue weighted by molar-refractivity contribution is -0.124. The predicted molar refractivity (Wildman–Crippen MR) is 78.1 cm³/mol. The van der Waals surface area contributed by atoms with Gasteiger partial charge in [0, 0.05) is 5.69 Å². The summed E-state index contributed by atoms with van der Waals surface area (Å²) in [4.78, 5) is 11.9. The second kappa shape index (κ2) is 6.29. The molecule has 0 aliphatic rings. The van der Waals surface area contributed by atoms with Crippen molar-refractivity contribution in [2.75, 3.05) is 12.3 Å². The van der Waals surface area contributed by atoms with Gasteiger partial charge < -0.3 is 15.8 Å². The average molecular weight is 275 g/mol. The second-order valence-corrected chi connectivity index (χ2v) is 5.33. The fourth-order valence-corrected chi connectivity index (χ4v) is 1.60. The van der Waals surface area contributed by atoms with Crippen LogP contribution in [0.25, 0.3) is 0 Å². The third kappa shape index (κ3) is 3.89. The van der Waals surface area contributed by atoms with Gasteiger partial charge in [0.05, 0.1) is 6.07 Å². The molecule has 0 radical (unpaired) electrons. The normalized spacial score (nSPS) is 13.4. The molecule has 1 aromatic carbocycles. The number of carbonyl (C=O) groups is 1. The van der Waals surface area contributed by atoms with Crippen molar-refractivity contribution in [1.29, 1.82) is 5.26 Å². The molecular weight excluding hydrogens is 254 g/mol. The smallest absolute Gasteiger partial charge is 0.259 e. The number of amides is 1. The van der Waals surface area contributed by atoms with Crippen LogP contribution in [0.1, 0.15) is 26.3 Å². The zero-order chi connectivity index (χ0) is 15.3. The summed E-state index contributed by atoms with van der Waals surface area (Å²) >= 11 is 0. The average Bonchev–Trinajstić information content (AvgIpc) is 2.37. The lowest BCUT2D eigenvalue weighted by atomic mass is 9.90. The molecule has 0 bridgehead atoms. The fraction of sp³-hybridized carbons (Fsp3) is 0.467. The van der Waals surface area contributed by atoms with Crippen molar-refractivity contribution in [3.05, 3.63) is 23.8 Å². The molecule has 5 nitrogen and oxygen atoms in total. The molecule has 0 spiro atoms. The highest BCUT2D eigenvalue weighted by molar-refractivity contribution is 5.78. The third-order valence-electron chi connectivity index (χ3n) is 3.34. The standard InChI is InChI=1S/C15H21N3O2/c1-10(2)15(4,9-16)18-14(19)8-20-13-6-5-12(17)7-11(13)3/h5-7,10H,8,17H2,1-4H3,(H,18,19). The Hall–Kier alpha value is -2.22. The molecule has 20 heavy (non-hydrogen) atoms. The summed E-state index contributed by atoms with van der Waals surface area (Å²) in [7, 11) is 0. The van der Waals surface area contributed by atoms with E-state index in [9.17, 15) is 4.79 Å². The Kier molecular flexibility index (Phi) is 4.98. The molecule has 0 aromatic heterocycles. The lowest BCUT2D eigenvalue weighted by Crippen LogP contribution is -2.50. The Bertz CT molecular complexity index is 534. The Morgan fingerprint density at radius 1 is 1.55 bits per heavy atom. The number of nitrogens with zero attached hydrogens (tertiary/aromatic N) is 1. The van der Waals surface area contributed by atoms with E-state index >= 15 is 0 Å². The molecule has 1 atom stereocenters. The number of benzene rings is 1. The summed E-state index contributed by atoms with van der Waals surface area (Å²) in [5.41, 5.74) is 6.27. The number of nitriles is 1. The SMILES string of the molecule is Cc1cc(N)ccc1OCC(=O)NC(C)(C#N)C(C)C. The van der Waals surface area contributed by atoms with Crippen molar-refractivity contribution >= 4 is 11.6 Å². The van der Waals surface area contributed by atoms with Gasteiger partial charge in [-0.3, -0.25) is 4.79 Å². The van der Waals surface area contributed by atoms with E-state index in [-0.39, 0.29) is 18.4 Å². The minimum atomic E-state index is -0.892. The molecule has 108 valence electrons. The van der Waals surface area contributed by atoms with Gasteiger partial charge in [-0.2, -0.15) is 5.26 Å². The van der Waals surface area contributed by atoms with Gasteiger partial charge in [0.25, 0.3) is 5.91 Å². The number of nitrogens with two attached hydrogens (primary N) is 1. The molecule has 0 fully saturated rings. The van der Waals surface area contributed by atoms with E-state index in [4.69, 9.17) is 15.7 Å². The summed E-state index contributed by atoms with van der Waals surface area (Å²) in [6.07, 6.45) is 0. The van der Waals surface area contributed by atoms with Crippen molar-refractivity contribution in [3.63, 3.8) is 0 Å². The van der Waals surface area contributed by atoms with E-state index in [1.807, 2.05) is 20.8 Å². The van der Waals surface area contributed by atoms with Crippen LogP contribution >= 0.6 is 0 Å². The summed E-state index contributed by atoms with van der Waals surface area (Å²) in [6, 6.07) is 7.34. The zero-order valence-corrected chi connectivity index (χ0v) is 12.4. The molecule has 1 aromatic rings. The Balaban J connectivity index is 2.62. The summed E-state index contributed by atoms with van der Waals surface area (Å²) < 4.78 is 5.45. The molecule has 0 heterocycles. The Morgan fingerprint density at radius 2 is 2.20 bits per heavy atom. The van der Waals surface area contributed by atoms with Crippen LogP contribution in [-0.2, 0) is 4.79 Å². The van der Waals surface area contributed by atoms with Gasteiger partial charge in [-0.15, -0.1) is 0 Å². The summed E-state index contributed by atoms with van der Waals surface area (Å²) in [6.45, 7) is 7.19. The molecule has 5 heteroatoms. The second-order valence-electron chi connectivity index (χ2n) is 5.33. The van der Waals surface area contributed by atoms with Gasteiger partial charge >= 0.3 is 0 Å². The topological polar surface area (TPSA) is 88.1 Å². The van der Waals surface area contributed by atoms with E-state index in [2.05, 4.69) is 11.4 Å². The summed E-state index contributed by atoms with van der Waals surface area (Å²) in [5.74, 6) is 0.297. The number of rotatable bonds is 5. The predicted octanol–water partition coefficient (Wildman–Crippen LogP) is 2.01. The molecule has 0 aliphatic carbocycles. The number of anilines is 1. The van der Waals surface area contributed by atoms with Gasteiger partial charge in [0.15, 0.2) is 6.61 Å². The van der Waals surface area contributed by atoms with Gasteiger partial charge in [0.2, 0.25) is 0 Å². The van der Waals surface area contributed by atoms with Gasteiger partial charge in [-0.1, -0.05) is 13.8 Å². The zero-order valence-electron chi connectivity index (χ0n) is 12.4. The van der Waals surface area contributed by atoms with Crippen LogP contribution < -0.4 is 15.8 Å². The minimum absolute atomic E-state index is 0.00899. The number of nitrogen functional groups attached to an aromatic ring is 1. The molecular formula is C15H21N3O2.